The summed E-state index contributed by atoms with van der Waals surface area (Å²) in [7, 11) is 0. The van der Waals surface area contributed by atoms with E-state index in [0.717, 1.165) is 37.8 Å². The third kappa shape index (κ3) is 4.45. The number of nitrogens with one attached hydrogen (secondary N) is 1. The van der Waals surface area contributed by atoms with Gasteiger partial charge in [-0.1, -0.05) is 26.2 Å². The Morgan fingerprint density at radius 1 is 1.30 bits per heavy atom. The first-order valence-corrected chi connectivity index (χ1v) is 8.45. The van der Waals surface area contributed by atoms with Gasteiger partial charge in [0.2, 0.25) is 5.91 Å². The number of carbonyl (C=O) groups is 1. The molecule has 2 aliphatic rings. The molecule has 1 amide bonds. The van der Waals surface area contributed by atoms with Crippen LogP contribution in [0, 0.1) is 11.8 Å². The quantitative estimate of drug-likeness (QED) is 0.747. The van der Waals surface area contributed by atoms with Crippen LogP contribution >= 0.6 is 0 Å². The Morgan fingerprint density at radius 2 is 2.05 bits per heavy atom. The van der Waals surface area contributed by atoms with E-state index >= 15 is 0 Å². The van der Waals surface area contributed by atoms with Crippen LogP contribution < -0.4 is 11.1 Å². The molecule has 0 radical (unpaired) electrons. The molecule has 0 aromatic rings. The molecule has 3 N–H and O–H groups in total. The number of likely N-dealkylation sites (tertiary alicyclic amines) is 1. The molecule has 3 atom stereocenters. The standard InChI is InChI=1S/C16H31N3O/c1-2-9-18-15(16(17)20)8-11-19-10-7-13-5-3-4-6-14(13)12-19/h13-15,18H,2-12H2,1H3,(H2,17,20). The predicted octanol–water partition coefficient (Wildman–Crippen LogP) is 1.74. The molecule has 1 saturated heterocycles. The van der Waals surface area contributed by atoms with Crippen molar-refractivity contribution in [2.24, 2.45) is 17.6 Å². The number of piperidine rings is 1. The minimum Gasteiger partial charge on any atom is -0.368 e. The van der Waals surface area contributed by atoms with Crippen LogP contribution in [0.1, 0.15) is 51.9 Å². The predicted molar refractivity (Wildman–Crippen MR) is 82.4 cm³/mol. The zero-order valence-corrected chi connectivity index (χ0v) is 12.9. The maximum absolute atomic E-state index is 11.4. The van der Waals surface area contributed by atoms with Gasteiger partial charge < -0.3 is 16.0 Å². The van der Waals surface area contributed by atoms with E-state index < -0.39 is 0 Å². The Hall–Kier alpha value is -0.610. The van der Waals surface area contributed by atoms with Crippen molar-refractivity contribution in [1.82, 2.24) is 10.2 Å². The van der Waals surface area contributed by atoms with E-state index in [1.54, 1.807) is 0 Å². The van der Waals surface area contributed by atoms with Gasteiger partial charge in [-0.15, -0.1) is 0 Å². The summed E-state index contributed by atoms with van der Waals surface area (Å²) in [5, 5.41) is 3.26. The Bertz CT molecular complexity index is 308. The van der Waals surface area contributed by atoms with Gasteiger partial charge >= 0.3 is 0 Å². The molecule has 4 heteroatoms. The lowest BCUT2D eigenvalue weighted by atomic mass is 9.75. The second-order valence-electron chi connectivity index (χ2n) is 6.59. The number of rotatable bonds is 7. The van der Waals surface area contributed by atoms with E-state index in [-0.39, 0.29) is 11.9 Å². The molecule has 0 aromatic carbocycles. The van der Waals surface area contributed by atoms with Crippen molar-refractivity contribution in [3.05, 3.63) is 0 Å². The first-order chi connectivity index (χ1) is 9.70. The van der Waals surface area contributed by atoms with E-state index in [0.29, 0.717) is 0 Å². The maximum atomic E-state index is 11.4. The summed E-state index contributed by atoms with van der Waals surface area (Å²) in [6.07, 6.45) is 8.95. The van der Waals surface area contributed by atoms with Crippen molar-refractivity contribution in [2.45, 2.75) is 57.9 Å². The Morgan fingerprint density at radius 3 is 2.75 bits per heavy atom. The van der Waals surface area contributed by atoms with Gasteiger partial charge in [0.05, 0.1) is 6.04 Å². The van der Waals surface area contributed by atoms with Crippen LogP contribution in [0.3, 0.4) is 0 Å². The minimum atomic E-state index is -0.203. The summed E-state index contributed by atoms with van der Waals surface area (Å²) < 4.78 is 0. The van der Waals surface area contributed by atoms with Crippen molar-refractivity contribution in [3.63, 3.8) is 0 Å². The molecule has 0 bridgehead atoms. The van der Waals surface area contributed by atoms with Gasteiger partial charge in [-0.25, -0.2) is 0 Å². The molecule has 1 aliphatic heterocycles. The first kappa shape index (κ1) is 15.8. The number of hydrogen-bond acceptors (Lipinski definition) is 3. The van der Waals surface area contributed by atoms with Crippen LogP contribution in [-0.4, -0.2) is 43.0 Å². The van der Waals surface area contributed by atoms with Gasteiger partial charge in [0.25, 0.3) is 0 Å². The van der Waals surface area contributed by atoms with Crippen molar-refractivity contribution < 1.29 is 4.79 Å². The van der Waals surface area contributed by atoms with E-state index in [2.05, 4.69) is 17.1 Å². The van der Waals surface area contributed by atoms with Crippen molar-refractivity contribution >= 4 is 5.91 Å². The topological polar surface area (TPSA) is 58.4 Å². The fraction of sp³-hybridized carbons (Fsp3) is 0.938. The van der Waals surface area contributed by atoms with Crippen LogP contribution in [0.2, 0.25) is 0 Å². The largest absolute Gasteiger partial charge is 0.368 e. The lowest BCUT2D eigenvalue weighted by Crippen LogP contribution is -2.46. The second-order valence-corrected chi connectivity index (χ2v) is 6.59. The monoisotopic (exact) mass is 281 g/mol. The van der Waals surface area contributed by atoms with Gasteiger partial charge in [0.1, 0.15) is 0 Å². The summed E-state index contributed by atoms with van der Waals surface area (Å²) in [4.78, 5) is 14.0. The molecular formula is C16H31N3O. The average Bonchev–Trinajstić information content (AvgIpc) is 2.46. The molecule has 1 heterocycles. The van der Waals surface area contributed by atoms with E-state index in [1.165, 1.54) is 45.2 Å². The first-order valence-electron chi connectivity index (χ1n) is 8.45. The number of nitrogens with two attached hydrogens (primary N) is 1. The third-order valence-electron chi connectivity index (χ3n) is 5.09. The van der Waals surface area contributed by atoms with E-state index in [4.69, 9.17) is 5.73 Å². The fourth-order valence-corrected chi connectivity index (χ4v) is 3.85. The summed E-state index contributed by atoms with van der Waals surface area (Å²) in [5.41, 5.74) is 5.48. The maximum Gasteiger partial charge on any atom is 0.234 e. The van der Waals surface area contributed by atoms with Crippen molar-refractivity contribution in [3.8, 4) is 0 Å². The Kier molecular flexibility index (Phi) is 6.30. The number of hydrogen-bond donors (Lipinski definition) is 2. The van der Waals surface area contributed by atoms with Crippen LogP contribution in [0.15, 0.2) is 0 Å². The lowest BCUT2D eigenvalue weighted by molar-refractivity contribution is -0.120. The smallest absolute Gasteiger partial charge is 0.234 e. The summed E-state index contributed by atoms with van der Waals surface area (Å²) >= 11 is 0. The molecule has 3 unspecified atom stereocenters. The zero-order chi connectivity index (χ0) is 14.4. The van der Waals surface area contributed by atoms with Crippen molar-refractivity contribution in [1.29, 1.82) is 0 Å². The van der Waals surface area contributed by atoms with Crippen LogP contribution in [0.25, 0.3) is 0 Å². The number of carbonyl (C=O) groups excluding carboxylic acids is 1. The number of amides is 1. The Labute approximate surface area is 123 Å². The summed E-state index contributed by atoms with van der Waals surface area (Å²) in [6.45, 7) is 6.44. The van der Waals surface area contributed by atoms with Crippen LogP contribution in [0.5, 0.6) is 0 Å². The average molecular weight is 281 g/mol. The van der Waals surface area contributed by atoms with Gasteiger partial charge in [-0.2, -0.15) is 0 Å². The molecule has 2 fully saturated rings. The van der Waals surface area contributed by atoms with Crippen LogP contribution in [-0.2, 0) is 4.79 Å². The molecule has 0 aromatic heterocycles. The molecule has 1 saturated carbocycles. The highest BCUT2D eigenvalue weighted by Crippen LogP contribution is 2.35. The van der Waals surface area contributed by atoms with Crippen LogP contribution in [0.4, 0.5) is 0 Å². The van der Waals surface area contributed by atoms with Crippen molar-refractivity contribution in [2.75, 3.05) is 26.2 Å². The van der Waals surface area contributed by atoms with Gasteiger partial charge in [-0.3, -0.25) is 4.79 Å². The Balaban J connectivity index is 1.74. The van der Waals surface area contributed by atoms with Gasteiger partial charge in [0, 0.05) is 13.1 Å². The molecule has 0 spiro atoms. The number of nitrogens with zero attached hydrogens (tertiary/aromatic N) is 1. The van der Waals surface area contributed by atoms with Gasteiger partial charge in [-0.05, 0) is 50.6 Å². The number of fused-ring (bicyclic) bond motifs is 1. The molecule has 20 heavy (non-hydrogen) atoms. The highest BCUT2D eigenvalue weighted by molar-refractivity contribution is 5.79. The van der Waals surface area contributed by atoms with Gasteiger partial charge in [0.15, 0.2) is 0 Å². The molecule has 1 aliphatic carbocycles. The zero-order valence-electron chi connectivity index (χ0n) is 12.9. The normalized spacial score (nSPS) is 28.9. The molecule has 2 rings (SSSR count). The third-order valence-corrected chi connectivity index (χ3v) is 5.09. The van der Waals surface area contributed by atoms with E-state index in [1.807, 2.05) is 0 Å². The SMILES string of the molecule is CCCNC(CCN1CCC2CCCCC2C1)C(N)=O. The summed E-state index contributed by atoms with van der Waals surface area (Å²) in [5.74, 6) is 1.68. The molecule has 116 valence electrons. The highest BCUT2D eigenvalue weighted by Gasteiger charge is 2.31. The second kappa shape index (κ2) is 7.99. The fourth-order valence-electron chi connectivity index (χ4n) is 3.85. The highest BCUT2D eigenvalue weighted by atomic mass is 16.1. The van der Waals surface area contributed by atoms with E-state index in [9.17, 15) is 4.79 Å². The lowest BCUT2D eigenvalue weighted by Gasteiger charge is -2.41. The minimum absolute atomic E-state index is 0.154. The summed E-state index contributed by atoms with van der Waals surface area (Å²) in [6, 6.07) is -0.154. The molecular weight excluding hydrogens is 250 g/mol. The molecule has 4 nitrogen and oxygen atoms in total. The number of primary amides is 1.